The van der Waals surface area contributed by atoms with E-state index in [4.69, 9.17) is 0 Å². The third-order valence-electron chi connectivity index (χ3n) is 1.92. The van der Waals surface area contributed by atoms with Crippen LogP contribution in [0.5, 0.6) is 0 Å². The monoisotopic (exact) mass is 245 g/mol. The summed E-state index contributed by atoms with van der Waals surface area (Å²) < 4.78 is 1.78. The van der Waals surface area contributed by atoms with Crippen molar-refractivity contribution >= 4 is 11.0 Å². The van der Waals surface area contributed by atoms with Gasteiger partial charge in [0.15, 0.2) is 0 Å². The Balaban J connectivity index is 0.000000845. The normalized spacial score (nSPS) is 10.0. The summed E-state index contributed by atoms with van der Waals surface area (Å²) in [4.78, 5) is 4.24. The zero-order valence-corrected chi connectivity index (χ0v) is 13.1. The average Bonchev–Trinajstić information content (AvgIpc) is 2.28. The van der Waals surface area contributed by atoms with Crippen LogP contribution in [0.4, 0.5) is 0 Å². The van der Waals surface area contributed by atoms with Crippen LogP contribution in [0.1, 0.15) is 11.3 Å². The van der Waals surface area contributed by atoms with Crippen molar-refractivity contribution in [3.8, 4) is 0 Å². The zero-order valence-electron chi connectivity index (χ0n) is 8.20. The second kappa shape index (κ2) is 4.21. The molecule has 0 N–H and O–H groups in total. The molecular formula is C9H10N3Rb. The topological polar surface area (TPSA) is 30.7 Å². The first-order valence-electron chi connectivity index (χ1n) is 3.80. The molecule has 4 heteroatoms. The van der Waals surface area contributed by atoms with Gasteiger partial charge in [0.05, 0.1) is 5.69 Å². The van der Waals surface area contributed by atoms with Crippen LogP contribution in [0.3, 0.4) is 0 Å². The van der Waals surface area contributed by atoms with E-state index in [0.29, 0.717) is 0 Å². The Hall–Kier alpha value is 0.295. The summed E-state index contributed by atoms with van der Waals surface area (Å²) in [6, 6.07) is 2.00. The van der Waals surface area contributed by atoms with Gasteiger partial charge >= 0.3 is 58.2 Å². The third kappa shape index (κ3) is 2.04. The fourth-order valence-corrected chi connectivity index (χ4v) is 1.35. The first-order chi connectivity index (χ1) is 5.68. The summed E-state index contributed by atoms with van der Waals surface area (Å²) in [5.41, 5.74) is 2.85. The minimum atomic E-state index is 0. The smallest absolute Gasteiger partial charge is 0.304 e. The summed E-state index contributed by atoms with van der Waals surface area (Å²) in [7, 11) is 1.89. The molecule has 13 heavy (non-hydrogen) atoms. The maximum Gasteiger partial charge on any atom is 1.00 e. The number of hydrogen-bond donors (Lipinski definition) is 0. The van der Waals surface area contributed by atoms with Gasteiger partial charge in [-0.3, -0.25) is 4.68 Å². The fraction of sp³-hybridized carbons (Fsp3) is 0.222. The summed E-state index contributed by atoms with van der Waals surface area (Å²) in [5, 5.41) is 5.35. The molecule has 2 heterocycles. The molecule has 0 amide bonds. The van der Waals surface area contributed by atoms with Gasteiger partial charge < -0.3 is 4.98 Å². The predicted molar refractivity (Wildman–Crippen MR) is 47.7 cm³/mol. The Morgan fingerprint density at radius 1 is 1.46 bits per heavy atom. The van der Waals surface area contributed by atoms with E-state index >= 15 is 0 Å². The van der Waals surface area contributed by atoms with E-state index in [1.165, 1.54) is 0 Å². The number of hydrogen-bond acceptors (Lipinski definition) is 2. The Morgan fingerprint density at radius 2 is 2.15 bits per heavy atom. The fourth-order valence-electron chi connectivity index (χ4n) is 1.35. The van der Waals surface area contributed by atoms with E-state index in [-0.39, 0.29) is 58.2 Å². The Bertz CT molecular complexity index is 434. The quantitative estimate of drug-likeness (QED) is 0.527. The second-order valence-corrected chi connectivity index (χ2v) is 2.92. The molecule has 0 atom stereocenters. The number of aromatic nitrogens is 3. The van der Waals surface area contributed by atoms with Crippen LogP contribution in [0.25, 0.3) is 11.0 Å². The predicted octanol–water partition coefficient (Wildman–Crippen LogP) is -1.54. The molecule has 3 nitrogen and oxygen atoms in total. The van der Waals surface area contributed by atoms with Crippen LogP contribution < -0.4 is 58.2 Å². The van der Waals surface area contributed by atoms with Crippen LogP contribution >= 0.6 is 0 Å². The molecular weight excluding hydrogens is 236 g/mol. The molecule has 0 aliphatic heterocycles. The molecule has 0 aromatic carbocycles. The van der Waals surface area contributed by atoms with Gasteiger partial charge in [-0.1, -0.05) is 6.20 Å². The molecule has 62 valence electrons. The minimum Gasteiger partial charge on any atom is -0.304 e. The molecule has 0 radical (unpaired) electrons. The van der Waals surface area contributed by atoms with Gasteiger partial charge in [0.25, 0.3) is 0 Å². The SMILES string of the molecule is [CH2-]c1cnc2c(c1)c(C)nn2C.[Rb+]. The zero-order chi connectivity index (χ0) is 8.72. The number of nitrogens with zero attached hydrogens (tertiary/aromatic N) is 3. The molecule has 0 aliphatic carbocycles. The van der Waals surface area contributed by atoms with Gasteiger partial charge in [-0.15, -0.1) is 6.07 Å². The van der Waals surface area contributed by atoms with Crippen molar-refractivity contribution in [1.29, 1.82) is 0 Å². The van der Waals surface area contributed by atoms with Crippen LogP contribution in [-0.2, 0) is 7.05 Å². The van der Waals surface area contributed by atoms with Crippen LogP contribution in [0.15, 0.2) is 12.3 Å². The van der Waals surface area contributed by atoms with Crippen molar-refractivity contribution in [2.45, 2.75) is 6.92 Å². The largest absolute Gasteiger partial charge is 1.00 e. The molecule has 0 fully saturated rings. The van der Waals surface area contributed by atoms with Crippen molar-refractivity contribution in [3.63, 3.8) is 0 Å². The van der Waals surface area contributed by atoms with Crippen molar-refractivity contribution in [1.82, 2.24) is 14.8 Å². The molecule has 0 saturated carbocycles. The van der Waals surface area contributed by atoms with Gasteiger partial charge in [0.2, 0.25) is 0 Å². The first-order valence-corrected chi connectivity index (χ1v) is 3.80. The molecule has 2 aromatic heterocycles. The van der Waals surface area contributed by atoms with E-state index in [9.17, 15) is 0 Å². The van der Waals surface area contributed by atoms with Gasteiger partial charge in [-0.05, 0) is 12.3 Å². The van der Waals surface area contributed by atoms with Crippen LogP contribution in [0, 0.1) is 13.8 Å². The molecule has 0 saturated heterocycles. The third-order valence-corrected chi connectivity index (χ3v) is 1.92. The van der Waals surface area contributed by atoms with Gasteiger partial charge in [-0.25, -0.2) is 0 Å². The summed E-state index contributed by atoms with van der Waals surface area (Å²) in [5.74, 6) is 0. The molecule has 0 bridgehead atoms. The van der Waals surface area contributed by atoms with Gasteiger partial charge in [-0.2, -0.15) is 17.6 Å². The minimum absolute atomic E-state index is 0. The standard InChI is InChI=1S/C9H10N3.Rb/c1-6-4-8-7(2)11-12(3)9(8)10-5-6;/h4-5H,1H2,2-3H3;/q-1;+1. The van der Waals surface area contributed by atoms with E-state index in [1.54, 1.807) is 10.9 Å². The van der Waals surface area contributed by atoms with E-state index < -0.39 is 0 Å². The number of aryl methyl sites for hydroxylation is 2. The first kappa shape index (κ1) is 11.4. The Morgan fingerprint density at radius 3 is 2.85 bits per heavy atom. The number of rotatable bonds is 0. The average molecular weight is 246 g/mol. The molecule has 2 aromatic rings. The Labute approximate surface area is 126 Å². The maximum atomic E-state index is 4.26. The Kier molecular flexibility index (Phi) is 3.69. The van der Waals surface area contributed by atoms with E-state index in [0.717, 1.165) is 22.3 Å². The number of fused-ring (bicyclic) bond motifs is 1. The van der Waals surface area contributed by atoms with Crippen LogP contribution in [-0.4, -0.2) is 14.8 Å². The summed E-state index contributed by atoms with van der Waals surface area (Å²) >= 11 is 0. The van der Waals surface area contributed by atoms with Crippen molar-refractivity contribution in [2.24, 2.45) is 7.05 Å². The van der Waals surface area contributed by atoms with Crippen molar-refractivity contribution in [2.75, 3.05) is 0 Å². The maximum absolute atomic E-state index is 4.26. The molecule has 0 aliphatic rings. The number of pyridine rings is 1. The second-order valence-electron chi connectivity index (χ2n) is 2.92. The molecule has 2 rings (SSSR count). The van der Waals surface area contributed by atoms with Crippen molar-refractivity contribution in [3.05, 3.63) is 30.4 Å². The van der Waals surface area contributed by atoms with E-state index in [1.807, 2.05) is 20.0 Å². The summed E-state index contributed by atoms with van der Waals surface area (Å²) in [6.45, 7) is 5.80. The molecule has 0 spiro atoms. The van der Waals surface area contributed by atoms with E-state index in [2.05, 4.69) is 17.0 Å². The van der Waals surface area contributed by atoms with Gasteiger partial charge in [0.1, 0.15) is 5.65 Å². The summed E-state index contributed by atoms with van der Waals surface area (Å²) in [6.07, 6.45) is 1.75. The van der Waals surface area contributed by atoms with Crippen LogP contribution in [0.2, 0.25) is 0 Å². The molecule has 0 unspecified atom stereocenters. The van der Waals surface area contributed by atoms with Gasteiger partial charge in [0, 0.05) is 7.05 Å². The van der Waals surface area contributed by atoms with Crippen molar-refractivity contribution < 1.29 is 58.2 Å².